The molecule has 0 amide bonds. The third kappa shape index (κ3) is 1.34. The van der Waals surface area contributed by atoms with Crippen LogP contribution in [0.25, 0.3) is 0 Å². The molecule has 0 aliphatic carbocycles. The summed E-state index contributed by atoms with van der Waals surface area (Å²) in [6, 6.07) is 0. The third-order valence-electron chi connectivity index (χ3n) is 0.285. The molecule has 0 radical (unpaired) electrons. The largest absolute Gasteiger partial charge is 0.305 e. The lowest BCUT2D eigenvalue weighted by atomic mass is 10.5. The van der Waals surface area contributed by atoms with E-state index in [1.807, 2.05) is 0 Å². The lowest BCUT2D eigenvalue weighted by Gasteiger charge is -1.65. The molecule has 0 fully saturated rings. The molecular formula is C3H4N2O. The maximum atomic E-state index is 9.69. The predicted octanol–water partition coefficient (Wildman–Crippen LogP) is -0.145. The van der Waals surface area contributed by atoms with Crippen LogP contribution in [-0.4, -0.2) is 18.2 Å². The summed E-state index contributed by atoms with van der Waals surface area (Å²) in [6.07, 6.45) is 1.18. The van der Waals surface area contributed by atoms with Crippen molar-refractivity contribution >= 4 is 18.2 Å². The second-order valence-corrected chi connectivity index (χ2v) is 0.691. The molecule has 0 rings (SSSR count). The summed E-state index contributed by atoms with van der Waals surface area (Å²) in [4.78, 5) is 9.69. The molecular weight excluding hydrogens is 80.0 g/mol. The maximum Gasteiger partial charge on any atom is 0.213 e. The van der Waals surface area contributed by atoms with Gasteiger partial charge in [0.25, 0.3) is 0 Å². The Morgan fingerprint density at radius 2 is 1.67 bits per heavy atom. The Bertz CT molecular complexity index is 76.8. The number of hydrogen-bond donors (Lipinski definition) is 2. The topological polar surface area (TPSA) is 64.8 Å². The van der Waals surface area contributed by atoms with Gasteiger partial charge in [-0.15, -0.1) is 0 Å². The minimum atomic E-state index is -0.574. The smallest absolute Gasteiger partial charge is 0.213 e. The number of carbonyl (C=O) groups excluding carboxylic acids is 1. The van der Waals surface area contributed by atoms with Crippen LogP contribution in [0.1, 0.15) is 0 Å². The molecule has 3 heteroatoms. The SMILES string of the molecule is N=CC(=O)C=N. The number of ketones is 1. The van der Waals surface area contributed by atoms with Crippen LogP contribution >= 0.6 is 0 Å². The van der Waals surface area contributed by atoms with Gasteiger partial charge in [-0.25, -0.2) is 0 Å². The van der Waals surface area contributed by atoms with E-state index in [9.17, 15) is 4.79 Å². The number of rotatable bonds is 2. The van der Waals surface area contributed by atoms with Gasteiger partial charge in [0.1, 0.15) is 0 Å². The number of nitrogens with one attached hydrogen (secondary N) is 2. The van der Waals surface area contributed by atoms with Crippen LogP contribution in [0.4, 0.5) is 0 Å². The quantitative estimate of drug-likeness (QED) is 0.449. The second kappa shape index (κ2) is 2.26. The van der Waals surface area contributed by atoms with Gasteiger partial charge in [0.15, 0.2) is 0 Å². The Morgan fingerprint density at radius 3 is 1.67 bits per heavy atom. The van der Waals surface area contributed by atoms with Crippen molar-refractivity contribution in [2.24, 2.45) is 0 Å². The first-order valence-corrected chi connectivity index (χ1v) is 1.36. The van der Waals surface area contributed by atoms with E-state index < -0.39 is 5.78 Å². The van der Waals surface area contributed by atoms with Crippen molar-refractivity contribution in [1.82, 2.24) is 0 Å². The molecule has 0 aliphatic heterocycles. The van der Waals surface area contributed by atoms with Gasteiger partial charge in [-0.3, -0.25) is 4.79 Å². The van der Waals surface area contributed by atoms with Crippen molar-refractivity contribution in [2.45, 2.75) is 0 Å². The standard InChI is InChI=1S/C3H4N2O/c4-1-3(6)2-5/h1-2,4-5H. The van der Waals surface area contributed by atoms with Gasteiger partial charge in [0.2, 0.25) is 5.78 Å². The molecule has 3 nitrogen and oxygen atoms in total. The van der Waals surface area contributed by atoms with Crippen LogP contribution in [0, 0.1) is 10.8 Å². The van der Waals surface area contributed by atoms with Crippen molar-refractivity contribution in [3.05, 3.63) is 0 Å². The van der Waals surface area contributed by atoms with E-state index in [-0.39, 0.29) is 0 Å². The zero-order valence-electron chi connectivity index (χ0n) is 3.06. The Morgan fingerprint density at radius 1 is 1.33 bits per heavy atom. The molecule has 32 valence electrons. The van der Waals surface area contributed by atoms with Crippen molar-refractivity contribution in [2.75, 3.05) is 0 Å². The molecule has 0 aromatic rings. The molecule has 6 heavy (non-hydrogen) atoms. The Kier molecular flexibility index (Phi) is 1.89. The van der Waals surface area contributed by atoms with Gasteiger partial charge >= 0.3 is 0 Å². The Labute approximate surface area is 35.0 Å². The van der Waals surface area contributed by atoms with Crippen molar-refractivity contribution in [3.63, 3.8) is 0 Å². The summed E-state index contributed by atoms with van der Waals surface area (Å²) in [7, 11) is 0. The molecule has 0 aromatic carbocycles. The van der Waals surface area contributed by atoms with Crippen LogP contribution in [0.5, 0.6) is 0 Å². The average Bonchev–Trinajstić information content (AvgIpc) is 1.65. The van der Waals surface area contributed by atoms with E-state index in [2.05, 4.69) is 0 Å². The van der Waals surface area contributed by atoms with Gasteiger partial charge < -0.3 is 10.8 Å². The van der Waals surface area contributed by atoms with Gasteiger partial charge in [-0.1, -0.05) is 0 Å². The highest BCUT2D eigenvalue weighted by molar-refractivity contribution is 6.51. The fourth-order valence-corrected chi connectivity index (χ4v) is 0.0417. The number of carbonyl (C=O) groups is 1. The monoisotopic (exact) mass is 84.0 g/mol. The summed E-state index contributed by atoms with van der Waals surface area (Å²) in [5.74, 6) is -0.574. The Hall–Kier alpha value is -0.990. The van der Waals surface area contributed by atoms with Gasteiger partial charge in [0, 0.05) is 0 Å². The second-order valence-electron chi connectivity index (χ2n) is 0.691. The lowest BCUT2D eigenvalue weighted by Crippen LogP contribution is -1.95. The van der Waals surface area contributed by atoms with E-state index in [0.717, 1.165) is 0 Å². The average molecular weight is 84.1 g/mol. The number of Topliss-reactive ketones (excluding diaryl/α,β-unsaturated/α-hetero) is 1. The van der Waals surface area contributed by atoms with Crippen LogP contribution < -0.4 is 0 Å². The molecule has 0 saturated carbocycles. The van der Waals surface area contributed by atoms with E-state index >= 15 is 0 Å². The van der Waals surface area contributed by atoms with E-state index in [4.69, 9.17) is 10.8 Å². The molecule has 0 bridgehead atoms. The summed E-state index contributed by atoms with van der Waals surface area (Å²) >= 11 is 0. The first-order chi connectivity index (χ1) is 2.81. The van der Waals surface area contributed by atoms with Crippen LogP contribution in [0.15, 0.2) is 0 Å². The molecule has 0 spiro atoms. The van der Waals surface area contributed by atoms with Crippen molar-refractivity contribution in [3.8, 4) is 0 Å². The molecule has 0 atom stereocenters. The molecule has 0 aromatic heterocycles. The van der Waals surface area contributed by atoms with Crippen LogP contribution in [0.2, 0.25) is 0 Å². The summed E-state index contributed by atoms with van der Waals surface area (Å²) < 4.78 is 0. The summed E-state index contributed by atoms with van der Waals surface area (Å²) in [6.45, 7) is 0. The molecule has 0 heterocycles. The highest BCUT2D eigenvalue weighted by atomic mass is 16.1. The fourth-order valence-electron chi connectivity index (χ4n) is 0.0417. The predicted molar refractivity (Wildman–Crippen MR) is 22.6 cm³/mol. The third-order valence-corrected chi connectivity index (χ3v) is 0.285. The number of hydrogen-bond acceptors (Lipinski definition) is 3. The maximum absolute atomic E-state index is 9.69. The summed E-state index contributed by atoms with van der Waals surface area (Å²) in [5, 5.41) is 12.4. The first-order valence-electron chi connectivity index (χ1n) is 1.36. The van der Waals surface area contributed by atoms with Crippen LogP contribution in [0.3, 0.4) is 0 Å². The fraction of sp³-hybridized carbons (Fsp3) is 0. The van der Waals surface area contributed by atoms with Gasteiger partial charge in [-0.05, 0) is 0 Å². The Balaban J connectivity index is 3.52. The molecule has 2 N–H and O–H groups in total. The van der Waals surface area contributed by atoms with Crippen LogP contribution in [-0.2, 0) is 4.79 Å². The van der Waals surface area contributed by atoms with Crippen molar-refractivity contribution in [1.29, 1.82) is 10.8 Å². The normalized spacial score (nSPS) is 6.67. The highest BCUT2D eigenvalue weighted by Crippen LogP contribution is 1.47. The highest BCUT2D eigenvalue weighted by Gasteiger charge is 1.80. The van der Waals surface area contributed by atoms with E-state index in [1.54, 1.807) is 0 Å². The van der Waals surface area contributed by atoms with Crippen molar-refractivity contribution < 1.29 is 4.79 Å². The molecule has 0 aliphatic rings. The minimum absolute atomic E-state index is 0.574. The lowest BCUT2D eigenvalue weighted by molar-refractivity contribution is -0.106. The first kappa shape index (κ1) is 5.01. The molecule has 0 saturated heterocycles. The minimum Gasteiger partial charge on any atom is -0.305 e. The zero-order chi connectivity index (χ0) is 4.99. The zero-order valence-corrected chi connectivity index (χ0v) is 3.06. The van der Waals surface area contributed by atoms with E-state index in [1.165, 1.54) is 0 Å². The summed E-state index contributed by atoms with van der Waals surface area (Å²) in [5.41, 5.74) is 0. The molecule has 0 unspecified atom stereocenters. The van der Waals surface area contributed by atoms with Gasteiger partial charge in [-0.2, -0.15) is 0 Å². The van der Waals surface area contributed by atoms with E-state index in [0.29, 0.717) is 12.4 Å². The van der Waals surface area contributed by atoms with Gasteiger partial charge in [0.05, 0.1) is 12.4 Å².